The third kappa shape index (κ3) is 6.33. The number of amides is 1. The zero-order chi connectivity index (χ0) is 18.2. The van der Waals surface area contributed by atoms with Gasteiger partial charge >= 0.3 is 0 Å². The summed E-state index contributed by atoms with van der Waals surface area (Å²) in [5, 5.41) is 3.02. The van der Waals surface area contributed by atoms with Crippen molar-refractivity contribution in [3.63, 3.8) is 0 Å². The summed E-state index contributed by atoms with van der Waals surface area (Å²) in [6, 6.07) is 15.8. The van der Waals surface area contributed by atoms with Gasteiger partial charge in [0.25, 0.3) is 5.91 Å². The molecule has 0 heterocycles. The van der Waals surface area contributed by atoms with Crippen LogP contribution in [-0.2, 0) is 24.4 Å². The van der Waals surface area contributed by atoms with Crippen molar-refractivity contribution in [2.24, 2.45) is 0 Å². The minimum absolute atomic E-state index is 0.0525. The van der Waals surface area contributed by atoms with Gasteiger partial charge in [0, 0.05) is 17.7 Å². The lowest BCUT2D eigenvalue weighted by Crippen LogP contribution is -3.04. The average Bonchev–Trinajstić information content (AvgIpc) is 2.59. The first kappa shape index (κ1) is 19.2. The number of quaternary nitrogens is 1. The maximum Gasteiger partial charge on any atom is 0.251 e. The van der Waals surface area contributed by atoms with Crippen LogP contribution in [0, 0.1) is 0 Å². The van der Waals surface area contributed by atoms with Crippen molar-refractivity contribution in [1.29, 1.82) is 0 Å². The first-order chi connectivity index (χ1) is 12.0. The van der Waals surface area contributed by atoms with Gasteiger partial charge in [0.05, 0.1) is 26.8 Å². The molecule has 0 aliphatic carbocycles. The average molecular weight is 341 g/mol. The van der Waals surface area contributed by atoms with Crippen LogP contribution < -0.4 is 10.2 Å². The molecular formula is C21H29N2O2+. The molecule has 0 aromatic heterocycles. The summed E-state index contributed by atoms with van der Waals surface area (Å²) >= 11 is 0. The molecule has 0 atom stereocenters. The zero-order valence-electron chi connectivity index (χ0n) is 15.6. The van der Waals surface area contributed by atoms with E-state index in [1.807, 2.05) is 50.2 Å². The fourth-order valence-electron chi connectivity index (χ4n) is 2.58. The number of carbonyl (C=O) groups is 1. The van der Waals surface area contributed by atoms with Crippen molar-refractivity contribution in [2.45, 2.75) is 39.6 Å². The highest BCUT2D eigenvalue weighted by Crippen LogP contribution is 2.10. The third-order valence-electron chi connectivity index (χ3n) is 3.90. The number of carbonyl (C=O) groups excluding carboxylic acids is 1. The minimum Gasteiger partial charge on any atom is -0.374 e. The lowest BCUT2D eigenvalue weighted by atomic mass is 10.1. The van der Waals surface area contributed by atoms with Gasteiger partial charge in [-0.05, 0) is 37.1 Å². The standard InChI is InChI=1S/C21H28N2O2/c1-16(2)25-15-17-9-11-18(12-10-17)21(24)22-13-19-7-5-6-8-20(19)14-23(3)4/h5-12,16H,13-15H2,1-4H3,(H,22,24)/p+1. The summed E-state index contributed by atoms with van der Waals surface area (Å²) in [5.74, 6) is -0.0525. The lowest BCUT2D eigenvalue weighted by molar-refractivity contribution is -0.872. The molecule has 0 aliphatic rings. The number of nitrogens with one attached hydrogen (secondary N) is 2. The van der Waals surface area contributed by atoms with Gasteiger partial charge in [-0.3, -0.25) is 4.79 Å². The number of hydrogen-bond donors (Lipinski definition) is 2. The molecule has 0 saturated carbocycles. The van der Waals surface area contributed by atoms with E-state index in [1.165, 1.54) is 16.0 Å². The molecule has 0 spiro atoms. The minimum atomic E-state index is -0.0525. The fourth-order valence-corrected chi connectivity index (χ4v) is 2.58. The van der Waals surface area contributed by atoms with E-state index < -0.39 is 0 Å². The van der Waals surface area contributed by atoms with Gasteiger partial charge in [0.15, 0.2) is 0 Å². The molecule has 25 heavy (non-hydrogen) atoms. The topological polar surface area (TPSA) is 42.8 Å². The SMILES string of the molecule is CC(C)OCc1ccc(C(=O)NCc2ccccc2C[NH+](C)C)cc1. The van der Waals surface area contributed by atoms with Crippen LogP contribution in [0.5, 0.6) is 0 Å². The third-order valence-corrected chi connectivity index (χ3v) is 3.90. The van der Waals surface area contributed by atoms with Gasteiger partial charge in [-0.15, -0.1) is 0 Å². The zero-order valence-corrected chi connectivity index (χ0v) is 15.6. The van der Waals surface area contributed by atoms with E-state index in [-0.39, 0.29) is 12.0 Å². The highest BCUT2D eigenvalue weighted by atomic mass is 16.5. The Morgan fingerprint density at radius 3 is 2.28 bits per heavy atom. The van der Waals surface area contributed by atoms with Crippen molar-refractivity contribution >= 4 is 5.91 Å². The van der Waals surface area contributed by atoms with Crippen molar-refractivity contribution in [1.82, 2.24) is 5.32 Å². The number of hydrogen-bond acceptors (Lipinski definition) is 2. The normalized spacial score (nSPS) is 11.1. The Morgan fingerprint density at radius 1 is 1.04 bits per heavy atom. The Balaban J connectivity index is 1.94. The quantitative estimate of drug-likeness (QED) is 0.773. The first-order valence-corrected chi connectivity index (χ1v) is 8.80. The predicted octanol–water partition coefficient (Wildman–Crippen LogP) is 2.19. The highest BCUT2D eigenvalue weighted by Gasteiger charge is 2.09. The Morgan fingerprint density at radius 2 is 1.68 bits per heavy atom. The molecule has 2 aromatic carbocycles. The summed E-state index contributed by atoms with van der Waals surface area (Å²) in [7, 11) is 4.25. The van der Waals surface area contributed by atoms with Crippen molar-refractivity contribution in [2.75, 3.05) is 14.1 Å². The van der Waals surface area contributed by atoms with Crippen molar-refractivity contribution in [3.05, 3.63) is 70.8 Å². The molecule has 0 aliphatic heterocycles. The molecule has 0 radical (unpaired) electrons. The Labute approximate surface area is 150 Å². The second-order valence-corrected chi connectivity index (χ2v) is 6.89. The van der Waals surface area contributed by atoms with Gasteiger partial charge in [-0.2, -0.15) is 0 Å². The number of rotatable bonds is 8. The Kier molecular flexibility index (Phi) is 7.16. The summed E-state index contributed by atoms with van der Waals surface area (Å²) < 4.78 is 5.58. The number of ether oxygens (including phenoxy) is 1. The predicted molar refractivity (Wildman–Crippen MR) is 100 cm³/mol. The van der Waals surface area contributed by atoms with E-state index in [2.05, 4.69) is 31.5 Å². The van der Waals surface area contributed by atoms with Gasteiger partial charge in [-0.25, -0.2) is 0 Å². The summed E-state index contributed by atoms with van der Waals surface area (Å²) in [6.45, 7) is 6.08. The molecule has 4 nitrogen and oxygen atoms in total. The van der Waals surface area contributed by atoms with Crippen LogP contribution in [0.25, 0.3) is 0 Å². The second-order valence-electron chi connectivity index (χ2n) is 6.89. The van der Waals surface area contributed by atoms with Crippen LogP contribution >= 0.6 is 0 Å². The van der Waals surface area contributed by atoms with E-state index in [9.17, 15) is 4.79 Å². The van der Waals surface area contributed by atoms with E-state index in [0.717, 1.165) is 12.1 Å². The van der Waals surface area contributed by atoms with E-state index in [1.54, 1.807) is 0 Å². The fraction of sp³-hybridized carbons (Fsp3) is 0.381. The van der Waals surface area contributed by atoms with E-state index >= 15 is 0 Å². The van der Waals surface area contributed by atoms with Gasteiger partial charge < -0.3 is 15.0 Å². The van der Waals surface area contributed by atoms with Gasteiger partial charge in [0.1, 0.15) is 6.54 Å². The maximum atomic E-state index is 12.4. The van der Waals surface area contributed by atoms with Crippen LogP contribution in [0.2, 0.25) is 0 Å². The molecule has 1 amide bonds. The molecule has 2 rings (SSSR count). The summed E-state index contributed by atoms with van der Waals surface area (Å²) in [6.07, 6.45) is 0.201. The van der Waals surface area contributed by atoms with Crippen molar-refractivity contribution < 1.29 is 14.4 Å². The summed E-state index contributed by atoms with van der Waals surface area (Å²) in [5.41, 5.74) is 4.18. The van der Waals surface area contributed by atoms with Gasteiger partial charge in [0.2, 0.25) is 0 Å². The van der Waals surface area contributed by atoms with Crippen molar-refractivity contribution in [3.8, 4) is 0 Å². The largest absolute Gasteiger partial charge is 0.374 e. The maximum absolute atomic E-state index is 12.4. The lowest BCUT2D eigenvalue weighted by Gasteiger charge is -2.13. The summed E-state index contributed by atoms with van der Waals surface area (Å²) in [4.78, 5) is 13.7. The molecule has 0 saturated heterocycles. The van der Waals surface area contributed by atoms with Crippen LogP contribution in [0.4, 0.5) is 0 Å². The first-order valence-electron chi connectivity index (χ1n) is 8.80. The second kappa shape index (κ2) is 9.35. The van der Waals surface area contributed by atoms with Crippen LogP contribution in [-0.4, -0.2) is 26.1 Å². The molecule has 0 unspecified atom stereocenters. The molecule has 4 heteroatoms. The molecular weight excluding hydrogens is 312 g/mol. The van der Waals surface area contributed by atoms with Crippen LogP contribution in [0.3, 0.4) is 0 Å². The molecule has 134 valence electrons. The molecule has 2 N–H and O–H groups in total. The highest BCUT2D eigenvalue weighted by molar-refractivity contribution is 5.94. The van der Waals surface area contributed by atoms with Crippen LogP contribution in [0.15, 0.2) is 48.5 Å². The van der Waals surface area contributed by atoms with Crippen LogP contribution in [0.1, 0.15) is 40.9 Å². The Hall–Kier alpha value is -2.17. The smallest absolute Gasteiger partial charge is 0.251 e. The molecule has 2 aromatic rings. The van der Waals surface area contributed by atoms with E-state index in [4.69, 9.17) is 4.74 Å². The molecule has 0 bridgehead atoms. The monoisotopic (exact) mass is 341 g/mol. The molecule has 0 fully saturated rings. The number of benzene rings is 2. The Bertz CT molecular complexity index is 679. The van der Waals surface area contributed by atoms with E-state index in [0.29, 0.717) is 18.7 Å². The van der Waals surface area contributed by atoms with Gasteiger partial charge in [-0.1, -0.05) is 36.4 Å².